The van der Waals surface area contributed by atoms with Crippen LogP contribution in [0.4, 0.5) is 0 Å². The maximum Gasteiger partial charge on any atom is 0.339 e. The molecule has 0 unspecified atom stereocenters. The number of rotatable bonds is 6. The van der Waals surface area contributed by atoms with Crippen molar-refractivity contribution in [3.63, 3.8) is 0 Å². The molecule has 1 N–H and O–H groups in total. The van der Waals surface area contributed by atoms with Crippen molar-refractivity contribution in [2.75, 3.05) is 13.7 Å². The molecule has 0 spiro atoms. The summed E-state index contributed by atoms with van der Waals surface area (Å²) in [5.74, 6) is -0.624. The molecule has 88 valence electrons. The average Bonchev–Trinajstić information content (AvgIpc) is 2.29. The molecule has 1 rings (SSSR count). The number of aromatic carboxylic acids is 1. The van der Waals surface area contributed by atoms with E-state index in [-0.39, 0.29) is 5.56 Å². The summed E-state index contributed by atoms with van der Waals surface area (Å²) in [5.41, 5.74) is 1.01. The first-order valence-electron chi connectivity index (χ1n) is 5.17. The van der Waals surface area contributed by atoms with Gasteiger partial charge in [0.05, 0.1) is 13.7 Å². The van der Waals surface area contributed by atoms with Crippen LogP contribution in [0.1, 0.15) is 29.3 Å². The molecule has 16 heavy (non-hydrogen) atoms. The van der Waals surface area contributed by atoms with Crippen molar-refractivity contribution in [1.29, 1.82) is 0 Å². The third-order valence-electron chi connectivity index (χ3n) is 2.11. The number of ether oxygens (including phenoxy) is 2. The van der Waals surface area contributed by atoms with Crippen LogP contribution >= 0.6 is 0 Å². The van der Waals surface area contributed by atoms with Crippen LogP contribution in [0.2, 0.25) is 0 Å². The Kier molecular flexibility index (Phi) is 4.79. The molecular formula is C12H16O4. The van der Waals surface area contributed by atoms with Crippen LogP contribution in [0.5, 0.6) is 5.75 Å². The van der Waals surface area contributed by atoms with Crippen molar-refractivity contribution in [2.24, 2.45) is 0 Å². The molecule has 0 aliphatic carbocycles. The summed E-state index contributed by atoms with van der Waals surface area (Å²) in [4.78, 5) is 10.9. The molecule has 0 aliphatic rings. The first kappa shape index (κ1) is 12.5. The Morgan fingerprint density at radius 3 is 2.75 bits per heavy atom. The molecular weight excluding hydrogens is 208 g/mol. The minimum absolute atomic E-state index is 0.167. The molecule has 0 bridgehead atoms. The van der Waals surface area contributed by atoms with Gasteiger partial charge in [0.15, 0.2) is 0 Å². The van der Waals surface area contributed by atoms with Crippen LogP contribution in [-0.2, 0) is 11.3 Å². The fourth-order valence-electron chi connectivity index (χ4n) is 1.35. The largest absolute Gasteiger partial charge is 0.496 e. The lowest BCUT2D eigenvalue weighted by Gasteiger charge is -2.08. The second kappa shape index (κ2) is 6.12. The van der Waals surface area contributed by atoms with Crippen molar-refractivity contribution in [2.45, 2.75) is 20.0 Å². The average molecular weight is 224 g/mol. The Hall–Kier alpha value is -1.55. The highest BCUT2D eigenvalue weighted by molar-refractivity contribution is 5.91. The summed E-state index contributed by atoms with van der Waals surface area (Å²) in [7, 11) is 1.45. The molecule has 4 nitrogen and oxygen atoms in total. The van der Waals surface area contributed by atoms with E-state index in [1.54, 1.807) is 18.2 Å². The molecule has 0 saturated carbocycles. The summed E-state index contributed by atoms with van der Waals surface area (Å²) in [6.45, 7) is 3.13. The number of carboxylic acid groups (broad SMARTS) is 1. The number of methoxy groups -OCH3 is 1. The Morgan fingerprint density at radius 2 is 2.19 bits per heavy atom. The summed E-state index contributed by atoms with van der Waals surface area (Å²) in [6, 6.07) is 5.03. The van der Waals surface area contributed by atoms with E-state index in [0.717, 1.165) is 12.0 Å². The molecule has 0 saturated heterocycles. The Morgan fingerprint density at radius 1 is 1.44 bits per heavy atom. The highest BCUT2D eigenvalue weighted by Gasteiger charge is 2.11. The minimum atomic E-state index is -0.991. The standard InChI is InChI=1S/C12H16O4/c1-3-6-16-8-9-4-5-11(15-2)10(7-9)12(13)14/h4-5,7H,3,6,8H2,1-2H3,(H,13,14). The van der Waals surface area contributed by atoms with E-state index in [4.69, 9.17) is 14.6 Å². The van der Waals surface area contributed by atoms with Gasteiger partial charge in [0.1, 0.15) is 11.3 Å². The number of carboxylic acids is 1. The monoisotopic (exact) mass is 224 g/mol. The van der Waals surface area contributed by atoms with Crippen LogP contribution in [0.25, 0.3) is 0 Å². The Labute approximate surface area is 94.8 Å². The van der Waals surface area contributed by atoms with E-state index in [1.807, 2.05) is 6.92 Å². The van der Waals surface area contributed by atoms with Gasteiger partial charge >= 0.3 is 5.97 Å². The molecule has 0 radical (unpaired) electrons. The summed E-state index contributed by atoms with van der Waals surface area (Å²) >= 11 is 0. The molecule has 0 fully saturated rings. The summed E-state index contributed by atoms with van der Waals surface area (Å²) in [6.07, 6.45) is 0.946. The van der Waals surface area contributed by atoms with Crippen LogP contribution in [0.3, 0.4) is 0 Å². The van der Waals surface area contributed by atoms with Crippen molar-refractivity contribution in [3.05, 3.63) is 29.3 Å². The highest BCUT2D eigenvalue weighted by Crippen LogP contribution is 2.20. The molecule has 4 heteroatoms. The van der Waals surface area contributed by atoms with E-state index in [9.17, 15) is 4.79 Å². The second-order valence-electron chi connectivity index (χ2n) is 3.39. The number of carbonyl (C=O) groups is 1. The van der Waals surface area contributed by atoms with Gasteiger partial charge in [-0.1, -0.05) is 13.0 Å². The SMILES string of the molecule is CCCOCc1ccc(OC)c(C(=O)O)c1. The normalized spacial score (nSPS) is 10.1. The molecule has 0 aromatic heterocycles. The van der Waals surface area contributed by atoms with E-state index >= 15 is 0 Å². The van der Waals surface area contributed by atoms with Crippen LogP contribution < -0.4 is 4.74 Å². The van der Waals surface area contributed by atoms with E-state index in [1.165, 1.54) is 7.11 Å². The van der Waals surface area contributed by atoms with E-state index in [2.05, 4.69) is 0 Å². The Balaban J connectivity index is 2.81. The van der Waals surface area contributed by atoms with E-state index in [0.29, 0.717) is 19.0 Å². The zero-order valence-electron chi connectivity index (χ0n) is 9.53. The van der Waals surface area contributed by atoms with Gasteiger partial charge < -0.3 is 14.6 Å². The van der Waals surface area contributed by atoms with Gasteiger partial charge in [-0.25, -0.2) is 4.79 Å². The Bertz CT molecular complexity index is 360. The predicted octanol–water partition coefficient (Wildman–Crippen LogP) is 2.32. The number of benzene rings is 1. The molecule has 0 amide bonds. The summed E-state index contributed by atoms with van der Waals surface area (Å²) < 4.78 is 10.3. The minimum Gasteiger partial charge on any atom is -0.496 e. The lowest BCUT2D eigenvalue weighted by Crippen LogP contribution is -2.02. The van der Waals surface area contributed by atoms with Crippen molar-refractivity contribution < 1.29 is 19.4 Å². The van der Waals surface area contributed by atoms with Gasteiger partial charge in [-0.2, -0.15) is 0 Å². The number of hydrogen-bond donors (Lipinski definition) is 1. The zero-order chi connectivity index (χ0) is 12.0. The molecule has 1 aromatic rings. The van der Waals surface area contributed by atoms with Crippen molar-refractivity contribution >= 4 is 5.97 Å². The maximum atomic E-state index is 10.9. The van der Waals surface area contributed by atoms with Gasteiger partial charge in [0.25, 0.3) is 0 Å². The molecule has 0 atom stereocenters. The first-order valence-corrected chi connectivity index (χ1v) is 5.17. The third kappa shape index (κ3) is 3.24. The van der Waals surface area contributed by atoms with Gasteiger partial charge in [-0.15, -0.1) is 0 Å². The maximum absolute atomic E-state index is 10.9. The second-order valence-corrected chi connectivity index (χ2v) is 3.39. The van der Waals surface area contributed by atoms with Crippen LogP contribution in [0.15, 0.2) is 18.2 Å². The lowest BCUT2D eigenvalue weighted by atomic mass is 10.1. The smallest absolute Gasteiger partial charge is 0.339 e. The van der Waals surface area contributed by atoms with Crippen molar-refractivity contribution in [1.82, 2.24) is 0 Å². The first-order chi connectivity index (χ1) is 7.69. The van der Waals surface area contributed by atoms with E-state index < -0.39 is 5.97 Å². The molecule has 0 aliphatic heterocycles. The predicted molar refractivity (Wildman–Crippen MR) is 59.9 cm³/mol. The topological polar surface area (TPSA) is 55.8 Å². The quantitative estimate of drug-likeness (QED) is 0.753. The van der Waals surface area contributed by atoms with Gasteiger partial charge in [-0.3, -0.25) is 0 Å². The van der Waals surface area contributed by atoms with Gasteiger partial charge in [0, 0.05) is 6.61 Å². The lowest BCUT2D eigenvalue weighted by molar-refractivity contribution is 0.0692. The van der Waals surface area contributed by atoms with Gasteiger partial charge in [0.2, 0.25) is 0 Å². The fourth-order valence-corrected chi connectivity index (χ4v) is 1.35. The number of hydrogen-bond acceptors (Lipinski definition) is 3. The van der Waals surface area contributed by atoms with Crippen molar-refractivity contribution in [3.8, 4) is 5.75 Å². The zero-order valence-corrected chi connectivity index (χ0v) is 9.53. The molecule has 1 aromatic carbocycles. The molecule has 0 heterocycles. The van der Waals surface area contributed by atoms with Gasteiger partial charge in [-0.05, 0) is 24.1 Å². The fraction of sp³-hybridized carbons (Fsp3) is 0.417. The highest BCUT2D eigenvalue weighted by atomic mass is 16.5. The van der Waals surface area contributed by atoms with Crippen LogP contribution in [0, 0.1) is 0 Å². The summed E-state index contributed by atoms with van der Waals surface area (Å²) in [5, 5.41) is 8.97. The van der Waals surface area contributed by atoms with Crippen LogP contribution in [-0.4, -0.2) is 24.8 Å². The third-order valence-corrected chi connectivity index (χ3v) is 2.11.